The van der Waals surface area contributed by atoms with Gasteiger partial charge in [0.2, 0.25) is 5.89 Å². The fraction of sp³-hybridized carbons (Fsp3) is 0.571. The molecule has 0 unspecified atom stereocenters. The number of hydrogen-bond donors (Lipinski definition) is 0. The van der Waals surface area contributed by atoms with Gasteiger partial charge in [0.05, 0.1) is 5.41 Å². The predicted octanol–water partition coefficient (Wildman–Crippen LogP) is 4.92. The summed E-state index contributed by atoms with van der Waals surface area (Å²) in [5, 5.41) is 8.17. The van der Waals surface area contributed by atoms with Crippen LogP contribution in [0, 0.1) is 17.3 Å². The van der Waals surface area contributed by atoms with Crippen LogP contribution in [0.25, 0.3) is 11.5 Å². The normalized spacial score (nSPS) is 35.2. The van der Waals surface area contributed by atoms with Crippen molar-refractivity contribution in [2.24, 2.45) is 17.3 Å². The first-order chi connectivity index (χ1) is 12.9. The summed E-state index contributed by atoms with van der Waals surface area (Å²) in [5.41, 5.74) is 0.419. The molecule has 4 fully saturated rings. The van der Waals surface area contributed by atoms with Crippen molar-refractivity contribution in [2.45, 2.75) is 56.4 Å². The highest BCUT2D eigenvalue weighted by atomic mass is 35.5. The van der Waals surface area contributed by atoms with E-state index in [1.165, 1.54) is 6.42 Å². The Morgan fingerprint density at radius 3 is 2.56 bits per heavy atom. The van der Waals surface area contributed by atoms with Crippen molar-refractivity contribution in [1.82, 2.24) is 10.2 Å². The van der Waals surface area contributed by atoms with Crippen LogP contribution < -0.4 is 0 Å². The van der Waals surface area contributed by atoms with Gasteiger partial charge in [-0.15, -0.1) is 21.8 Å². The largest absolute Gasteiger partial charge is 0.452 e. The Bertz CT molecular complexity index is 851. The summed E-state index contributed by atoms with van der Waals surface area (Å²) in [6, 6.07) is 9.57. The molecular weight excluding hydrogens is 364 g/mol. The van der Waals surface area contributed by atoms with E-state index in [1.807, 2.05) is 30.3 Å². The van der Waals surface area contributed by atoms with Gasteiger partial charge in [0.1, 0.15) is 0 Å². The molecule has 0 saturated heterocycles. The van der Waals surface area contributed by atoms with Crippen LogP contribution in [0.5, 0.6) is 0 Å². The molecule has 1 aromatic heterocycles. The predicted molar refractivity (Wildman–Crippen MR) is 99.9 cm³/mol. The molecule has 142 valence electrons. The van der Waals surface area contributed by atoms with E-state index in [0.717, 1.165) is 37.7 Å². The molecule has 4 aliphatic rings. The maximum atomic E-state index is 13.1. The highest BCUT2D eigenvalue weighted by molar-refractivity contribution is 6.24. The zero-order chi connectivity index (χ0) is 18.6. The lowest BCUT2D eigenvalue weighted by atomic mass is 9.49. The van der Waals surface area contributed by atoms with E-state index in [9.17, 15) is 4.79 Å². The highest BCUT2D eigenvalue weighted by Gasteiger charge is 2.61. The van der Waals surface area contributed by atoms with Gasteiger partial charge in [0.25, 0.3) is 5.89 Å². The molecule has 0 radical (unpaired) electrons. The van der Waals surface area contributed by atoms with Crippen LogP contribution in [0.3, 0.4) is 0 Å². The minimum absolute atomic E-state index is 0.145. The maximum Gasteiger partial charge on any atom is 0.312 e. The third-order valence-electron chi connectivity index (χ3n) is 6.52. The first-order valence-corrected chi connectivity index (χ1v) is 10.1. The Morgan fingerprint density at radius 1 is 1.19 bits per heavy atom. The second-order valence-corrected chi connectivity index (χ2v) is 9.55. The molecule has 0 aliphatic heterocycles. The number of hydrogen-bond acceptors (Lipinski definition) is 5. The molecule has 2 aromatic rings. The molecule has 6 heteroatoms. The van der Waals surface area contributed by atoms with Crippen LogP contribution in [-0.4, -0.2) is 21.0 Å². The van der Waals surface area contributed by atoms with E-state index in [1.54, 1.807) is 6.92 Å². The van der Waals surface area contributed by atoms with Gasteiger partial charge < -0.3 is 9.15 Å². The van der Waals surface area contributed by atoms with E-state index in [0.29, 0.717) is 23.6 Å². The van der Waals surface area contributed by atoms with Gasteiger partial charge in [-0.25, -0.2) is 0 Å². The van der Waals surface area contributed by atoms with Gasteiger partial charge in [-0.1, -0.05) is 18.2 Å². The summed E-state index contributed by atoms with van der Waals surface area (Å²) >= 11 is 6.84. The number of aromatic nitrogens is 2. The summed E-state index contributed by atoms with van der Waals surface area (Å²) in [4.78, 5) is 12.9. The zero-order valence-corrected chi connectivity index (χ0v) is 16.1. The molecule has 1 heterocycles. The standard InChI is InChI=1S/C21H23ClN2O3/c1-13(17-23-24-18(27-17)16-5-3-2-4-6-16)26-19(25)20-8-14-7-15(9-20)11-21(22,10-14)12-20/h2-6,13-15H,7-12H2,1H3/t13-,14-,15-,20?,21?/m1/s1. The SMILES string of the molecule is C[C@@H](OC(=O)C12C[C@H]3C[C@@H](CC(Cl)(C3)C1)C2)c1nnc(-c2ccccc2)o1. The molecule has 4 bridgehead atoms. The van der Waals surface area contributed by atoms with Crippen molar-refractivity contribution in [2.75, 3.05) is 0 Å². The molecule has 4 aliphatic carbocycles. The quantitative estimate of drug-likeness (QED) is 0.551. The van der Waals surface area contributed by atoms with Crippen LogP contribution >= 0.6 is 11.6 Å². The van der Waals surface area contributed by atoms with Crippen LogP contribution in [0.2, 0.25) is 0 Å². The van der Waals surface area contributed by atoms with Crippen LogP contribution in [0.4, 0.5) is 0 Å². The monoisotopic (exact) mass is 386 g/mol. The molecule has 6 rings (SSSR count). The first-order valence-electron chi connectivity index (χ1n) is 9.74. The van der Waals surface area contributed by atoms with Gasteiger partial charge in [-0.05, 0) is 69.4 Å². The topological polar surface area (TPSA) is 65.2 Å². The third kappa shape index (κ3) is 2.96. The molecule has 0 spiro atoms. The van der Waals surface area contributed by atoms with Gasteiger partial charge in [-0.2, -0.15) is 0 Å². The third-order valence-corrected chi connectivity index (χ3v) is 6.96. The minimum atomic E-state index is -0.568. The Morgan fingerprint density at radius 2 is 1.89 bits per heavy atom. The van der Waals surface area contributed by atoms with E-state index in [-0.39, 0.29) is 10.8 Å². The van der Waals surface area contributed by atoms with E-state index in [4.69, 9.17) is 20.8 Å². The summed E-state index contributed by atoms with van der Waals surface area (Å²) in [6.07, 6.45) is 5.27. The second kappa shape index (κ2) is 6.06. The Labute approximate surface area is 163 Å². The fourth-order valence-electron chi connectivity index (χ4n) is 5.82. The molecule has 27 heavy (non-hydrogen) atoms. The Kier molecular flexibility index (Phi) is 3.87. The molecule has 0 N–H and O–H groups in total. The van der Waals surface area contributed by atoms with E-state index in [2.05, 4.69) is 10.2 Å². The lowest BCUT2D eigenvalue weighted by Crippen LogP contribution is -2.56. The number of benzene rings is 1. The summed E-state index contributed by atoms with van der Waals surface area (Å²) in [7, 11) is 0. The van der Waals surface area contributed by atoms with Crippen molar-refractivity contribution in [1.29, 1.82) is 0 Å². The summed E-state index contributed by atoms with van der Waals surface area (Å²) < 4.78 is 11.6. The summed E-state index contributed by atoms with van der Waals surface area (Å²) in [5.74, 6) is 1.73. The number of alkyl halides is 1. The summed E-state index contributed by atoms with van der Waals surface area (Å²) in [6.45, 7) is 1.79. The average Bonchev–Trinajstić information content (AvgIpc) is 3.10. The van der Waals surface area contributed by atoms with Crippen molar-refractivity contribution >= 4 is 17.6 Å². The average molecular weight is 387 g/mol. The number of rotatable bonds is 4. The van der Waals surface area contributed by atoms with Crippen molar-refractivity contribution in [3.8, 4) is 11.5 Å². The number of carbonyl (C=O) groups excluding carboxylic acids is 1. The smallest absolute Gasteiger partial charge is 0.312 e. The van der Waals surface area contributed by atoms with Crippen molar-refractivity contribution < 1.29 is 13.9 Å². The van der Waals surface area contributed by atoms with Gasteiger partial charge in [0.15, 0.2) is 6.10 Å². The molecular formula is C21H23ClN2O3. The van der Waals surface area contributed by atoms with Crippen molar-refractivity contribution in [3.63, 3.8) is 0 Å². The number of carbonyl (C=O) groups is 1. The van der Waals surface area contributed by atoms with Crippen LogP contribution in [0.15, 0.2) is 34.7 Å². The number of esters is 1. The van der Waals surface area contributed by atoms with Gasteiger partial charge in [-0.3, -0.25) is 4.79 Å². The number of nitrogens with zero attached hydrogens (tertiary/aromatic N) is 2. The molecule has 1 aromatic carbocycles. The zero-order valence-electron chi connectivity index (χ0n) is 15.4. The minimum Gasteiger partial charge on any atom is -0.452 e. The van der Waals surface area contributed by atoms with Gasteiger partial charge in [0, 0.05) is 10.4 Å². The van der Waals surface area contributed by atoms with Crippen molar-refractivity contribution in [3.05, 3.63) is 36.2 Å². The fourth-order valence-corrected chi connectivity index (χ4v) is 6.51. The molecule has 3 atom stereocenters. The Balaban J connectivity index is 1.32. The lowest BCUT2D eigenvalue weighted by Gasteiger charge is -2.58. The maximum absolute atomic E-state index is 13.1. The molecule has 5 nitrogen and oxygen atoms in total. The second-order valence-electron chi connectivity index (χ2n) is 8.75. The first kappa shape index (κ1) is 17.2. The molecule has 4 saturated carbocycles. The number of ether oxygens (including phenoxy) is 1. The van der Waals surface area contributed by atoms with E-state index < -0.39 is 11.5 Å². The highest BCUT2D eigenvalue weighted by Crippen LogP contribution is 2.64. The molecule has 0 amide bonds. The Hall–Kier alpha value is -1.88. The van der Waals surface area contributed by atoms with Gasteiger partial charge >= 0.3 is 5.97 Å². The number of halogens is 1. The van der Waals surface area contributed by atoms with E-state index >= 15 is 0 Å². The van der Waals surface area contributed by atoms with Crippen LogP contribution in [0.1, 0.15) is 57.4 Å². The lowest BCUT2D eigenvalue weighted by molar-refractivity contribution is -0.176. The van der Waals surface area contributed by atoms with Crippen LogP contribution in [-0.2, 0) is 9.53 Å².